The molecule has 20 heteroatoms. The predicted molar refractivity (Wildman–Crippen MR) is 333 cm³/mol. The van der Waals surface area contributed by atoms with Gasteiger partial charge in [-0.25, -0.2) is 14.8 Å². The number of H-pyrrole nitrogens is 1. The molecule has 20 nitrogen and oxygen atoms in total. The van der Waals surface area contributed by atoms with Gasteiger partial charge in [-0.05, 0) is 146 Å². The summed E-state index contributed by atoms with van der Waals surface area (Å²) in [6.45, 7) is 29.0. The number of benzene rings is 2. The van der Waals surface area contributed by atoms with Crippen LogP contribution in [0.15, 0.2) is 78.1 Å². The third kappa shape index (κ3) is 12.7. The Balaban J connectivity index is 0.000000205. The zero-order valence-corrected chi connectivity index (χ0v) is 51.5. The minimum absolute atomic E-state index is 0.158. The van der Waals surface area contributed by atoms with Gasteiger partial charge in [0.05, 0.1) is 31.3 Å². The van der Waals surface area contributed by atoms with E-state index in [4.69, 9.17) is 19.4 Å². The van der Waals surface area contributed by atoms with E-state index < -0.39 is 5.60 Å². The molecule has 2 aliphatic heterocycles. The molecule has 10 rings (SSSR count). The van der Waals surface area contributed by atoms with Crippen molar-refractivity contribution in [3.05, 3.63) is 128 Å². The van der Waals surface area contributed by atoms with Crippen molar-refractivity contribution in [3.8, 4) is 28.1 Å². The summed E-state index contributed by atoms with van der Waals surface area (Å²) in [7, 11) is 5.24. The Kier molecular flexibility index (Phi) is 18.1. The molecule has 8 aromatic rings. The largest absolute Gasteiger partial charge is 0.480 e. The standard InChI is InChI=1S/C35H47N7O4.C29H37N7O2/c1-10-23(3)42-21-22(2)31-27(32(43)37-20-28-24(4)39(8)38-33(28)45-9)17-26(18-29(31)42)25-11-12-30(36-19-25)40-13-15-41(16-14-40)34(44)46-35(5,6)7;1-6-19(3)36-17-18(2)27-23(28(37)32-16-24-20(4)34(5)33-29(24)38)13-22(14-25(27)36)21-7-8-26(31-15-21)35-11-9-30-10-12-35/h11-12,17-19,21,23H,10,13-16,20H2,1-9H3,(H,37,43);7-8,13-15,17,19,30H,6,9-12,16H2,1-5H3,(H,32,37)(H,33,38). The van der Waals surface area contributed by atoms with Gasteiger partial charge in [0.25, 0.3) is 17.4 Å². The maximum absolute atomic E-state index is 13.9. The van der Waals surface area contributed by atoms with Gasteiger partial charge in [-0.15, -0.1) is 5.10 Å². The lowest BCUT2D eigenvalue weighted by Crippen LogP contribution is -2.50. The van der Waals surface area contributed by atoms with E-state index in [1.165, 1.54) is 0 Å². The lowest BCUT2D eigenvalue weighted by molar-refractivity contribution is 0.0240. The molecule has 0 radical (unpaired) electrons. The van der Waals surface area contributed by atoms with Gasteiger partial charge in [0.15, 0.2) is 0 Å². The SMILES string of the molecule is CCC(C)n1cc(C)c2c(C(=O)NCc3c(C)n(C)[nH]c3=O)cc(-c3ccc(N4CCNCC4)nc3)cc21.CCC(C)n1cc(C)c2c(C(=O)NCc3c(OC)nn(C)c3C)cc(-c3ccc(N4CCN(C(=O)OC(C)(C)C)CC4)nc3)cc21. The number of aromatic amines is 1. The van der Waals surface area contributed by atoms with Gasteiger partial charge >= 0.3 is 6.09 Å². The summed E-state index contributed by atoms with van der Waals surface area (Å²) < 4.78 is 19.0. The van der Waals surface area contributed by atoms with Gasteiger partial charge in [-0.1, -0.05) is 13.8 Å². The quantitative estimate of drug-likeness (QED) is 0.0757. The number of amides is 3. The zero-order valence-electron chi connectivity index (χ0n) is 51.5. The van der Waals surface area contributed by atoms with E-state index in [-0.39, 0.29) is 42.1 Å². The highest BCUT2D eigenvalue weighted by molar-refractivity contribution is 6.10. The molecule has 4 N–H and O–H groups in total. The Hall–Kier alpha value is -8.39. The predicted octanol–water partition coefficient (Wildman–Crippen LogP) is 9.68. The summed E-state index contributed by atoms with van der Waals surface area (Å²) in [4.78, 5) is 68.1. The Morgan fingerprint density at radius 2 is 1.15 bits per heavy atom. The monoisotopic (exact) mass is 1140 g/mol. The first-order chi connectivity index (χ1) is 40.1. The highest BCUT2D eigenvalue weighted by Gasteiger charge is 2.28. The molecule has 0 spiro atoms. The van der Waals surface area contributed by atoms with Gasteiger partial charge in [0.2, 0.25) is 5.88 Å². The number of aryl methyl sites for hydroxylation is 4. The molecule has 84 heavy (non-hydrogen) atoms. The molecule has 2 aromatic carbocycles. The molecule has 3 amide bonds. The molecule has 0 aliphatic carbocycles. The van der Waals surface area contributed by atoms with Gasteiger partial charge in [-0.2, -0.15) is 0 Å². The summed E-state index contributed by atoms with van der Waals surface area (Å²) in [5, 5.41) is 18.5. The first kappa shape index (κ1) is 60.2. The second-order valence-corrected chi connectivity index (χ2v) is 23.4. The minimum atomic E-state index is -0.518. The summed E-state index contributed by atoms with van der Waals surface area (Å²) in [6, 6.07) is 17.0. The number of ether oxygens (including phenoxy) is 2. The van der Waals surface area contributed by atoms with Crippen molar-refractivity contribution in [2.45, 2.75) is 120 Å². The molecule has 0 bridgehead atoms. The molecule has 6 aromatic heterocycles. The highest BCUT2D eigenvalue weighted by atomic mass is 16.6. The second-order valence-electron chi connectivity index (χ2n) is 23.4. The number of hydrogen-bond acceptors (Lipinski definition) is 12. The van der Waals surface area contributed by atoms with Crippen LogP contribution in [0.4, 0.5) is 16.4 Å². The second kappa shape index (κ2) is 25.2. The number of piperazine rings is 2. The van der Waals surface area contributed by atoms with Crippen LogP contribution in [0.2, 0.25) is 0 Å². The Labute approximate surface area is 492 Å². The number of rotatable bonds is 15. The number of nitrogens with zero attached hydrogens (tertiary/aromatic N) is 10. The fourth-order valence-corrected chi connectivity index (χ4v) is 11.2. The lowest BCUT2D eigenvalue weighted by Gasteiger charge is -2.36. The number of fused-ring (bicyclic) bond motifs is 2. The van der Waals surface area contributed by atoms with Gasteiger partial charge in [0.1, 0.15) is 17.2 Å². The normalized spacial score (nSPS) is 14.6. The molecule has 446 valence electrons. The Morgan fingerprint density at radius 1 is 0.667 bits per heavy atom. The van der Waals surface area contributed by atoms with Crippen LogP contribution in [0.25, 0.3) is 44.1 Å². The highest BCUT2D eigenvalue weighted by Crippen LogP contribution is 2.36. The molecule has 2 saturated heterocycles. The molecule has 2 unspecified atom stereocenters. The van der Waals surface area contributed by atoms with E-state index >= 15 is 0 Å². The number of methoxy groups -OCH3 is 1. The molecule has 2 atom stereocenters. The van der Waals surface area contributed by atoms with Crippen LogP contribution >= 0.6 is 0 Å². The smallest absolute Gasteiger partial charge is 0.410 e. The first-order valence-corrected chi connectivity index (χ1v) is 29.4. The summed E-state index contributed by atoms with van der Waals surface area (Å²) >= 11 is 0. The third-order valence-electron chi connectivity index (χ3n) is 16.7. The topological polar surface area (TPSA) is 207 Å². The van der Waals surface area contributed by atoms with Crippen LogP contribution in [-0.2, 0) is 31.9 Å². The van der Waals surface area contributed by atoms with E-state index in [1.807, 2.05) is 79.2 Å². The average molecular weight is 1150 g/mol. The van der Waals surface area contributed by atoms with Crippen LogP contribution in [0, 0.1) is 27.7 Å². The molecule has 2 fully saturated rings. The zero-order chi connectivity index (χ0) is 60.3. The van der Waals surface area contributed by atoms with E-state index in [9.17, 15) is 19.2 Å². The van der Waals surface area contributed by atoms with Crippen LogP contribution in [0.3, 0.4) is 0 Å². The molecule has 8 heterocycles. The van der Waals surface area contributed by atoms with Crippen LogP contribution < -0.4 is 36.0 Å². The Morgan fingerprint density at radius 3 is 1.58 bits per heavy atom. The maximum atomic E-state index is 13.9. The molecule has 0 saturated carbocycles. The maximum Gasteiger partial charge on any atom is 0.410 e. The average Bonchev–Trinajstić information content (AvgIpc) is 1.92. The van der Waals surface area contributed by atoms with Crippen LogP contribution in [0.5, 0.6) is 5.88 Å². The number of nitrogens with one attached hydrogen (secondary N) is 4. The van der Waals surface area contributed by atoms with E-state index in [2.05, 4.69) is 122 Å². The summed E-state index contributed by atoms with van der Waals surface area (Å²) in [5.74, 6) is 1.98. The number of carbonyl (C=O) groups excluding carboxylic acids is 3. The third-order valence-corrected chi connectivity index (χ3v) is 16.7. The number of anilines is 2. The lowest BCUT2D eigenvalue weighted by atomic mass is 9.98. The number of hydrogen-bond donors (Lipinski definition) is 4. The van der Waals surface area contributed by atoms with Crippen molar-refractivity contribution in [2.75, 3.05) is 69.3 Å². The number of pyridine rings is 2. The fourth-order valence-electron chi connectivity index (χ4n) is 11.2. The van der Waals surface area contributed by atoms with Crippen molar-refractivity contribution in [1.29, 1.82) is 0 Å². The number of aromatic nitrogens is 8. The Bertz CT molecular complexity index is 3730. The van der Waals surface area contributed by atoms with Crippen molar-refractivity contribution >= 4 is 51.3 Å². The van der Waals surface area contributed by atoms with Gasteiger partial charge in [0, 0.05) is 159 Å². The van der Waals surface area contributed by atoms with Crippen molar-refractivity contribution in [1.82, 2.24) is 59.5 Å². The van der Waals surface area contributed by atoms with E-state index in [1.54, 1.807) is 28.4 Å². The van der Waals surface area contributed by atoms with Gasteiger partial charge < -0.3 is 49.3 Å². The molecular formula is C64H84N14O6. The first-order valence-electron chi connectivity index (χ1n) is 29.4. The van der Waals surface area contributed by atoms with Gasteiger partial charge in [-0.3, -0.25) is 28.8 Å². The molecule has 2 aliphatic rings. The van der Waals surface area contributed by atoms with E-state index in [0.717, 1.165) is 123 Å². The van der Waals surface area contributed by atoms with Crippen LogP contribution in [0.1, 0.15) is 128 Å². The van der Waals surface area contributed by atoms with Crippen LogP contribution in [-0.4, -0.2) is 127 Å². The van der Waals surface area contributed by atoms with Crippen molar-refractivity contribution in [2.24, 2.45) is 14.1 Å². The van der Waals surface area contributed by atoms with Crippen molar-refractivity contribution in [3.63, 3.8) is 0 Å². The summed E-state index contributed by atoms with van der Waals surface area (Å²) in [6.07, 6.45) is 9.71. The van der Waals surface area contributed by atoms with Crippen molar-refractivity contribution < 1.29 is 23.9 Å². The number of carbonyl (C=O) groups is 3. The minimum Gasteiger partial charge on any atom is -0.480 e. The summed E-state index contributed by atoms with van der Waals surface area (Å²) in [5.41, 5.74) is 11.6. The fraction of sp³-hybridized carbons (Fsp3) is 0.453. The van der Waals surface area contributed by atoms with E-state index in [0.29, 0.717) is 55.3 Å². The molecular weight excluding hydrogens is 1060 g/mol.